The predicted molar refractivity (Wildman–Crippen MR) is 85.3 cm³/mol. The summed E-state index contributed by atoms with van der Waals surface area (Å²) in [5, 5.41) is 1.82. The van der Waals surface area contributed by atoms with Gasteiger partial charge in [-0.1, -0.05) is 24.3 Å². The van der Waals surface area contributed by atoms with Gasteiger partial charge in [0.1, 0.15) is 11.4 Å². The summed E-state index contributed by atoms with van der Waals surface area (Å²) in [6.07, 6.45) is 3.16. The van der Waals surface area contributed by atoms with E-state index in [4.69, 9.17) is 4.74 Å². The summed E-state index contributed by atoms with van der Waals surface area (Å²) in [4.78, 5) is 32.1. The summed E-state index contributed by atoms with van der Waals surface area (Å²) in [7, 11) is 0. The summed E-state index contributed by atoms with van der Waals surface area (Å²) in [5.74, 6) is -0.973. The predicted octanol–water partition coefficient (Wildman–Crippen LogP) is 2.98. The summed E-state index contributed by atoms with van der Waals surface area (Å²) in [6, 6.07) is 12.7. The Kier molecular flexibility index (Phi) is 4.10. The van der Waals surface area contributed by atoms with Crippen molar-refractivity contribution in [3.63, 3.8) is 0 Å². The highest BCUT2D eigenvalue weighted by atomic mass is 16.5. The Hall–Kier alpha value is -3.08. The minimum Gasteiger partial charge on any atom is -0.452 e. The lowest BCUT2D eigenvalue weighted by atomic mass is 10.1. The first-order valence-electron chi connectivity index (χ1n) is 7.11. The summed E-state index contributed by atoms with van der Waals surface area (Å²) >= 11 is 0. The number of carbonyl (C=O) groups excluding carboxylic acids is 2. The number of rotatable bonds is 4. The Labute approximate surface area is 133 Å². The van der Waals surface area contributed by atoms with Crippen LogP contribution in [0.15, 0.2) is 54.9 Å². The molecule has 0 spiro atoms. The summed E-state index contributed by atoms with van der Waals surface area (Å²) in [5.41, 5.74) is 1.38. The molecule has 3 aromatic rings. The highest BCUT2D eigenvalue weighted by molar-refractivity contribution is 5.98. The number of ketones is 1. The number of esters is 1. The zero-order valence-electron chi connectivity index (χ0n) is 12.5. The molecular weight excluding hydrogens is 292 g/mol. The van der Waals surface area contributed by atoms with E-state index in [9.17, 15) is 9.59 Å². The van der Waals surface area contributed by atoms with Crippen molar-refractivity contribution in [2.45, 2.75) is 6.92 Å². The first kappa shape index (κ1) is 14.8. The molecule has 0 unspecified atom stereocenters. The second-order valence-electron chi connectivity index (χ2n) is 5.13. The number of carbonyl (C=O) groups is 2. The fourth-order valence-corrected chi connectivity index (χ4v) is 2.16. The van der Waals surface area contributed by atoms with Crippen LogP contribution in [-0.2, 0) is 4.74 Å². The van der Waals surface area contributed by atoms with Gasteiger partial charge in [0.2, 0.25) is 5.78 Å². The van der Waals surface area contributed by atoms with E-state index >= 15 is 0 Å². The fraction of sp³-hybridized carbons (Fsp3) is 0.111. The van der Waals surface area contributed by atoms with E-state index in [1.54, 1.807) is 30.6 Å². The van der Waals surface area contributed by atoms with Crippen LogP contribution in [0.5, 0.6) is 0 Å². The standard InChI is InChI=1S/C18H14N2O3/c1-12-6-7-19-15(8-12)17(21)11-23-18(22)16-9-13-4-2-3-5-14(13)10-20-16/h2-10H,11H2,1H3. The van der Waals surface area contributed by atoms with E-state index in [0.717, 1.165) is 16.3 Å². The Balaban J connectivity index is 1.69. The molecule has 0 radical (unpaired) electrons. The minimum atomic E-state index is -0.628. The number of hydrogen-bond donors (Lipinski definition) is 0. The smallest absolute Gasteiger partial charge is 0.357 e. The molecule has 5 heteroatoms. The van der Waals surface area contributed by atoms with Crippen LogP contribution in [0.3, 0.4) is 0 Å². The number of aryl methyl sites for hydroxylation is 1. The van der Waals surface area contributed by atoms with Crippen molar-refractivity contribution < 1.29 is 14.3 Å². The van der Waals surface area contributed by atoms with E-state index < -0.39 is 5.97 Å². The number of hydrogen-bond acceptors (Lipinski definition) is 5. The van der Waals surface area contributed by atoms with Gasteiger partial charge in [0, 0.05) is 17.8 Å². The maximum atomic E-state index is 12.0. The lowest BCUT2D eigenvalue weighted by Gasteiger charge is -2.05. The van der Waals surface area contributed by atoms with Crippen molar-refractivity contribution in [3.8, 4) is 0 Å². The van der Waals surface area contributed by atoms with Crippen molar-refractivity contribution in [1.82, 2.24) is 9.97 Å². The molecule has 0 saturated carbocycles. The molecule has 0 fully saturated rings. The molecule has 3 rings (SSSR count). The number of ether oxygens (including phenoxy) is 1. The van der Waals surface area contributed by atoms with Gasteiger partial charge in [-0.3, -0.25) is 9.78 Å². The number of nitrogens with zero attached hydrogens (tertiary/aromatic N) is 2. The van der Waals surface area contributed by atoms with Gasteiger partial charge >= 0.3 is 5.97 Å². The average molecular weight is 306 g/mol. The van der Waals surface area contributed by atoms with Crippen LogP contribution >= 0.6 is 0 Å². The third-order valence-corrected chi connectivity index (χ3v) is 3.38. The molecule has 2 heterocycles. The Morgan fingerprint density at radius 3 is 2.57 bits per heavy atom. The van der Waals surface area contributed by atoms with Crippen LogP contribution in [0, 0.1) is 6.92 Å². The molecule has 0 aliphatic rings. The number of benzene rings is 1. The fourth-order valence-electron chi connectivity index (χ4n) is 2.16. The molecule has 23 heavy (non-hydrogen) atoms. The third kappa shape index (κ3) is 3.40. The van der Waals surface area contributed by atoms with Gasteiger partial charge in [-0.15, -0.1) is 0 Å². The topological polar surface area (TPSA) is 69.2 Å². The van der Waals surface area contributed by atoms with E-state index in [1.165, 1.54) is 0 Å². The quantitative estimate of drug-likeness (QED) is 0.547. The van der Waals surface area contributed by atoms with Crippen molar-refractivity contribution in [2.75, 3.05) is 6.61 Å². The molecule has 0 aliphatic heterocycles. The van der Waals surface area contributed by atoms with Crippen LogP contribution in [0.25, 0.3) is 10.8 Å². The number of aromatic nitrogens is 2. The Morgan fingerprint density at radius 2 is 1.78 bits per heavy atom. The Morgan fingerprint density at radius 1 is 1.00 bits per heavy atom. The first-order chi connectivity index (χ1) is 11.1. The molecule has 0 saturated heterocycles. The highest BCUT2D eigenvalue weighted by Crippen LogP contribution is 2.14. The SMILES string of the molecule is Cc1ccnc(C(=O)COC(=O)c2cc3ccccc3cn2)c1. The monoisotopic (exact) mass is 306 g/mol. The number of Topliss-reactive ketones (excluding diaryl/α,β-unsaturated/α-hetero) is 1. The van der Waals surface area contributed by atoms with E-state index in [1.807, 2.05) is 31.2 Å². The van der Waals surface area contributed by atoms with E-state index in [0.29, 0.717) is 0 Å². The third-order valence-electron chi connectivity index (χ3n) is 3.38. The largest absolute Gasteiger partial charge is 0.452 e. The summed E-state index contributed by atoms with van der Waals surface area (Å²) < 4.78 is 5.04. The second-order valence-corrected chi connectivity index (χ2v) is 5.13. The second kappa shape index (κ2) is 6.36. The molecule has 1 aromatic carbocycles. The zero-order chi connectivity index (χ0) is 16.2. The molecular formula is C18H14N2O3. The van der Waals surface area contributed by atoms with Gasteiger partial charge in [0.25, 0.3) is 0 Å². The molecule has 0 N–H and O–H groups in total. The van der Waals surface area contributed by atoms with Crippen LogP contribution in [0.4, 0.5) is 0 Å². The van der Waals surface area contributed by atoms with Gasteiger partial charge in [0.15, 0.2) is 6.61 Å². The van der Waals surface area contributed by atoms with Gasteiger partial charge in [-0.25, -0.2) is 9.78 Å². The number of pyridine rings is 2. The van der Waals surface area contributed by atoms with Crippen LogP contribution in [0.1, 0.15) is 26.5 Å². The molecule has 0 bridgehead atoms. The van der Waals surface area contributed by atoms with Crippen molar-refractivity contribution in [3.05, 3.63) is 71.8 Å². The lowest BCUT2D eigenvalue weighted by Crippen LogP contribution is -2.16. The van der Waals surface area contributed by atoms with Crippen molar-refractivity contribution in [2.24, 2.45) is 0 Å². The number of fused-ring (bicyclic) bond motifs is 1. The minimum absolute atomic E-state index is 0.175. The maximum absolute atomic E-state index is 12.0. The highest BCUT2D eigenvalue weighted by Gasteiger charge is 2.14. The van der Waals surface area contributed by atoms with Gasteiger partial charge in [0.05, 0.1) is 0 Å². The first-order valence-corrected chi connectivity index (χ1v) is 7.11. The normalized spacial score (nSPS) is 10.5. The van der Waals surface area contributed by atoms with Crippen LogP contribution in [0.2, 0.25) is 0 Å². The van der Waals surface area contributed by atoms with Gasteiger partial charge < -0.3 is 4.74 Å². The van der Waals surface area contributed by atoms with Crippen LogP contribution in [-0.4, -0.2) is 28.3 Å². The molecule has 114 valence electrons. The average Bonchev–Trinajstić information content (AvgIpc) is 2.59. The van der Waals surface area contributed by atoms with E-state index in [2.05, 4.69) is 9.97 Å². The summed E-state index contributed by atoms with van der Waals surface area (Å²) in [6.45, 7) is 1.51. The van der Waals surface area contributed by atoms with Gasteiger partial charge in [-0.2, -0.15) is 0 Å². The van der Waals surface area contributed by atoms with Gasteiger partial charge in [-0.05, 0) is 36.1 Å². The molecule has 0 amide bonds. The van der Waals surface area contributed by atoms with E-state index in [-0.39, 0.29) is 23.8 Å². The van der Waals surface area contributed by atoms with Crippen molar-refractivity contribution >= 4 is 22.5 Å². The Bertz CT molecular complexity index is 890. The lowest BCUT2D eigenvalue weighted by molar-refractivity contribution is 0.0468. The molecule has 0 aliphatic carbocycles. The van der Waals surface area contributed by atoms with Crippen molar-refractivity contribution in [1.29, 1.82) is 0 Å². The maximum Gasteiger partial charge on any atom is 0.357 e. The van der Waals surface area contributed by atoms with Crippen LogP contribution < -0.4 is 0 Å². The molecule has 2 aromatic heterocycles. The zero-order valence-corrected chi connectivity index (χ0v) is 12.5. The molecule has 0 atom stereocenters. The molecule has 5 nitrogen and oxygen atoms in total.